The molecule has 0 spiro atoms. The van der Waals surface area contributed by atoms with Crippen molar-refractivity contribution in [2.24, 2.45) is 0 Å². The monoisotopic (exact) mass is 370 g/mol. The molecule has 1 heterocycles. The normalized spacial score (nSPS) is 13.6. The van der Waals surface area contributed by atoms with Crippen LogP contribution in [0.2, 0.25) is 0 Å². The standard InChI is InChI=1S/C24H22N2O2/c27-23(17-18-12-14-20(15-13-18)26-16-6-11-24(26)28)25-22-10-5-4-9-21(22)19-7-2-1-3-8-19/h1-5,7-10,12-15H,6,11,16-17H2,(H,25,27). The molecule has 1 N–H and O–H groups in total. The van der Waals surface area contributed by atoms with Gasteiger partial charge in [-0.2, -0.15) is 0 Å². The van der Waals surface area contributed by atoms with Crippen LogP contribution in [0.3, 0.4) is 0 Å². The molecular weight excluding hydrogens is 348 g/mol. The summed E-state index contributed by atoms with van der Waals surface area (Å²) in [6.07, 6.45) is 1.81. The number of hydrogen-bond acceptors (Lipinski definition) is 2. The zero-order valence-electron chi connectivity index (χ0n) is 15.6. The van der Waals surface area contributed by atoms with E-state index in [1.807, 2.05) is 78.9 Å². The fraction of sp³-hybridized carbons (Fsp3) is 0.167. The van der Waals surface area contributed by atoms with Crippen LogP contribution in [0.4, 0.5) is 11.4 Å². The molecule has 4 nitrogen and oxygen atoms in total. The molecule has 0 aromatic heterocycles. The lowest BCUT2D eigenvalue weighted by Crippen LogP contribution is -2.23. The van der Waals surface area contributed by atoms with Gasteiger partial charge >= 0.3 is 0 Å². The molecule has 1 fully saturated rings. The second-order valence-corrected chi connectivity index (χ2v) is 6.95. The molecule has 0 bridgehead atoms. The van der Waals surface area contributed by atoms with Crippen LogP contribution in [0.5, 0.6) is 0 Å². The zero-order chi connectivity index (χ0) is 19.3. The number of benzene rings is 3. The number of para-hydroxylation sites is 1. The maximum atomic E-state index is 12.6. The van der Waals surface area contributed by atoms with Crippen molar-refractivity contribution >= 4 is 23.2 Å². The number of carbonyl (C=O) groups is 2. The molecule has 4 rings (SSSR count). The number of hydrogen-bond donors (Lipinski definition) is 1. The van der Waals surface area contributed by atoms with Crippen molar-refractivity contribution in [3.05, 3.63) is 84.4 Å². The highest BCUT2D eigenvalue weighted by atomic mass is 16.2. The summed E-state index contributed by atoms with van der Waals surface area (Å²) >= 11 is 0. The summed E-state index contributed by atoms with van der Waals surface area (Å²) < 4.78 is 0. The van der Waals surface area contributed by atoms with E-state index < -0.39 is 0 Å². The number of nitrogens with one attached hydrogen (secondary N) is 1. The Morgan fingerprint density at radius 3 is 2.32 bits per heavy atom. The molecule has 140 valence electrons. The third-order valence-electron chi connectivity index (χ3n) is 4.97. The molecule has 3 aromatic rings. The minimum absolute atomic E-state index is 0.0617. The number of amides is 2. The van der Waals surface area contributed by atoms with E-state index in [0.717, 1.165) is 41.0 Å². The molecule has 28 heavy (non-hydrogen) atoms. The quantitative estimate of drug-likeness (QED) is 0.710. The lowest BCUT2D eigenvalue weighted by Gasteiger charge is -2.16. The average molecular weight is 370 g/mol. The van der Waals surface area contributed by atoms with Crippen LogP contribution in [0.15, 0.2) is 78.9 Å². The molecule has 0 saturated carbocycles. The van der Waals surface area contributed by atoms with Gasteiger partial charge in [-0.05, 0) is 35.7 Å². The van der Waals surface area contributed by atoms with E-state index in [0.29, 0.717) is 6.42 Å². The molecule has 4 heteroatoms. The highest BCUT2D eigenvalue weighted by Gasteiger charge is 2.21. The second kappa shape index (κ2) is 8.09. The SMILES string of the molecule is O=C(Cc1ccc(N2CCCC2=O)cc1)Nc1ccccc1-c1ccccc1. The third-order valence-corrected chi connectivity index (χ3v) is 4.97. The maximum Gasteiger partial charge on any atom is 0.228 e. The summed E-state index contributed by atoms with van der Waals surface area (Å²) in [7, 11) is 0. The van der Waals surface area contributed by atoms with Crippen molar-refractivity contribution < 1.29 is 9.59 Å². The van der Waals surface area contributed by atoms with Gasteiger partial charge in [0.15, 0.2) is 0 Å². The Balaban J connectivity index is 1.45. The van der Waals surface area contributed by atoms with Crippen molar-refractivity contribution in [1.82, 2.24) is 0 Å². The first-order valence-electron chi connectivity index (χ1n) is 9.54. The average Bonchev–Trinajstić information content (AvgIpc) is 3.15. The van der Waals surface area contributed by atoms with Crippen molar-refractivity contribution in [3.63, 3.8) is 0 Å². The van der Waals surface area contributed by atoms with Gasteiger partial charge in [0.1, 0.15) is 0 Å². The third kappa shape index (κ3) is 3.96. The lowest BCUT2D eigenvalue weighted by molar-refractivity contribution is -0.117. The maximum absolute atomic E-state index is 12.6. The van der Waals surface area contributed by atoms with Gasteiger partial charge in [-0.1, -0.05) is 60.7 Å². The number of rotatable bonds is 5. The molecule has 1 aliphatic heterocycles. The smallest absolute Gasteiger partial charge is 0.228 e. The van der Waals surface area contributed by atoms with Gasteiger partial charge in [-0.3, -0.25) is 9.59 Å². The molecule has 0 unspecified atom stereocenters. The lowest BCUT2D eigenvalue weighted by atomic mass is 10.0. The first kappa shape index (κ1) is 18.0. The van der Waals surface area contributed by atoms with Gasteiger partial charge < -0.3 is 10.2 Å². The highest BCUT2D eigenvalue weighted by Crippen LogP contribution is 2.28. The topological polar surface area (TPSA) is 49.4 Å². The van der Waals surface area contributed by atoms with E-state index in [1.54, 1.807) is 4.90 Å². The molecule has 0 atom stereocenters. The summed E-state index contributed by atoms with van der Waals surface area (Å²) in [6, 6.07) is 25.5. The Hall–Kier alpha value is -3.40. The number of carbonyl (C=O) groups excluding carboxylic acids is 2. The van der Waals surface area contributed by atoms with Crippen LogP contribution in [-0.2, 0) is 16.0 Å². The van der Waals surface area contributed by atoms with Crippen molar-refractivity contribution in [2.45, 2.75) is 19.3 Å². The molecular formula is C24H22N2O2. The van der Waals surface area contributed by atoms with Crippen LogP contribution in [0.25, 0.3) is 11.1 Å². The van der Waals surface area contributed by atoms with Gasteiger partial charge in [0.2, 0.25) is 11.8 Å². The fourth-order valence-corrected chi connectivity index (χ4v) is 3.56. The van der Waals surface area contributed by atoms with Crippen LogP contribution >= 0.6 is 0 Å². The Morgan fingerprint density at radius 2 is 1.61 bits per heavy atom. The van der Waals surface area contributed by atoms with E-state index >= 15 is 0 Å². The number of nitrogens with zero attached hydrogens (tertiary/aromatic N) is 1. The van der Waals surface area contributed by atoms with E-state index in [2.05, 4.69) is 5.32 Å². The molecule has 0 radical (unpaired) electrons. The van der Waals surface area contributed by atoms with Gasteiger partial charge in [0.25, 0.3) is 0 Å². The molecule has 1 aliphatic rings. The summed E-state index contributed by atoms with van der Waals surface area (Å²) in [5.74, 6) is 0.108. The summed E-state index contributed by atoms with van der Waals surface area (Å²) in [6.45, 7) is 0.773. The predicted molar refractivity (Wildman–Crippen MR) is 112 cm³/mol. The zero-order valence-corrected chi connectivity index (χ0v) is 15.6. The van der Waals surface area contributed by atoms with Crippen LogP contribution in [0.1, 0.15) is 18.4 Å². The minimum Gasteiger partial charge on any atom is -0.325 e. The summed E-state index contributed by atoms with van der Waals surface area (Å²) in [5.41, 5.74) is 4.70. The molecule has 2 amide bonds. The van der Waals surface area contributed by atoms with Crippen LogP contribution in [0, 0.1) is 0 Å². The first-order valence-corrected chi connectivity index (χ1v) is 9.54. The van der Waals surface area contributed by atoms with Crippen LogP contribution < -0.4 is 10.2 Å². The minimum atomic E-state index is -0.0617. The largest absolute Gasteiger partial charge is 0.325 e. The molecule has 1 saturated heterocycles. The van der Waals surface area contributed by atoms with Gasteiger partial charge in [0.05, 0.1) is 6.42 Å². The van der Waals surface area contributed by atoms with Crippen molar-refractivity contribution in [2.75, 3.05) is 16.8 Å². The van der Waals surface area contributed by atoms with E-state index in [4.69, 9.17) is 0 Å². The van der Waals surface area contributed by atoms with Gasteiger partial charge in [-0.25, -0.2) is 0 Å². The van der Waals surface area contributed by atoms with Crippen molar-refractivity contribution in [1.29, 1.82) is 0 Å². The van der Waals surface area contributed by atoms with Crippen molar-refractivity contribution in [3.8, 4) is 11.1 Å². The predicted octanol–water partition coefficient (Wildman–Crippen LogP) is 4.66. The van der Waals surface area contributed by atoms with Crippen LogP contribution in [-0.4, -0.2) is 18.4 Å². The Kier molecular flexibility index (Phi) is 5.20. The van der Waals surface area contributed by atoms with Gasteiger partial charge in [-0.15, -0.1) is 0 Å². The van der Waals surface area contributed by atoms with E-state index in [-0.39, 0.29) is 18.2 Å². The summed E-state index contributed by atoms with van der Waals surface area (Å²) in [5, 5.41) is 3.03. The second-order valence-electron chi connectivity index (χ2n) is 6.95. The summed E-state index contributed by atoms with van der Waals surface area (Å²) in [4.78, 5) is 26.2. The first-order chi connectivity index (χ1) is 13.7. The molecule has 0 aliphatic carbocycles. The Labute approximate surface area is 164 Å². The fourth-order valence-electron chi connectivity index (χ4n) is 3.56. The Morgan fingerprint density at radius 1 is 0.893 bits per heavy atom. The van der Waals surface area contributed by atoms with E-state index in [1.165, 1.54) is 0 Å². The van der Waals surface area contributed by atoms with Gasteiger partial charge in [0, 0.05) is 29.9 Å². The van der Waals surface area contributed by atoms with E-state index in [9.17, 15) is 9.59 Å². The highest BCUT2D eigenvalue weighted by molar-refractivity contribution is 5.97. The molecule has 3 aromatic carbocycles. The number of anilines is 2. The Bertz CT molecular complexity index is 981.